The first-order valence-electron chi connectivity index (χ1n) is 11.3. The molecule has 1 aliphatic heterocycles. The Balaban J connectivity index is 1.48. The third kappa shape index (κ3) is 6.32. The largest absolute Gasteiger partial charge is 0.489 e. The predicted molar refractivity (Wildman–Crippen MR) is 129 cm³/mol. The van der Waals surface area contributed by atoms with Crippen molar-refractivity contribution in [1.29, 1.82) is 0 Å². The average molecular weight is 461 g/mol. The van der Waals surface area contributed by atoms with Gasteiger partial charge in [0.15, 0.2) is 0 Å². The molecule has 1 aromatic heterocycles. The lowest BCUT2D eigenvalue weighted by Gasteiger charge is -2.23. The first kappa shape index (κ1) is 23.3. The zero-order chi connectivity index (χ0) is 23.6. The molecule has 0 atom stereocenters. The fourth-order valence-corrected chi connectivity index (χ4v) is 3.63. The van der Waals surface area contributed by atoms with Gasteiger partial charge >= 0.3 is 0 Å². The van der Waals surface area contributed by atoms with Crippen LogP contribution in [0.3, 0.4) is 0 Å². The molecule has 2 N–H and O–H groups in total. The predicted octanol–water partition coefficient (Wildman–Crippen LogP) is 3.04. The molecule has 176 valence electrons. The van der Waals surface area contributed by atoms with Crippen LogP contribution in [-0.2, 0) is 16.0 Å². The van der Waals surface area contributed by atoms with Gasteiger partial charge in [-0.05, 0) is 36.2 Å². The van der Waals surface area contributed by atoms with E-state index in [1.807, 2.05) is 54.6 Å². The molecule has 2 aromatic carbocycles. The number of pyridine rings is 1. The number of rotatable bonds is 5. The molecule has 2 amide bonds. The number of carbonyl (C=O) groups excluding carboxylic acids is 2. The first-order chi connectivity index (χ1) is 16.7. The quantitative estimate of drug-likeness (QED) is 0.608. The van der Waals surface area contributed by atoms with Crippen molar-refractivity contribution in [3.8, 4) is 5.75 Å². The highest BCUT2D eigenvalue weighted by atomic mass is 16.5. The molecule has 0 unspecified atom stereocenters. The maximum Gasteiger partial charge on any atom is 0.258 e. The van der Waals surface area contributed by atoms with Crippen molar-refractivity contribution in [2.24, 2.45) is 0 Å². The van der Waals surface area contributed by atoms with E-state index in [-0.39, 0.29) is 31.5 Å². The van der Waals surface area contributed by atoms with Crippen LogP contribution in [0.5, 0.6) is 5.75 Å². The van der Waals surface area contributed by atoms with Crippen molar-refractivity contribution in [1.82, 2.24) is 15.2 Å². The van der Waals surface area contributed by atoms with Gasteiger partial charge in [0, 0.05) is 19.3 Å². The van der Waals surface area contributed by atoms with Gasteiger partial charge in [-0.1, -0.05) is 42.5 Å². The maximum atomic E-state index is 13.5. The molecule has 0 radical (unpaired) electrons. The van der Waals surface area contributed by atoms with E-state index in [0.29, 0.717) is 42.6 Å². The van der Waals surface area contributed by atoms with Crippen molar-refractivity contribution in [2.45, 2.75) is 6.42 Å². The van der Waals surface area contributed by atoms with Crippen LogP contribution in [-0.4, -0.2) is 61.2 Å². The SMILES string of the molecule is O=C(CN1CCOCCOc2ccccc2Nc2ncccc2C1=O)NCCc1ccccc1. The number of aromatic nitrogens is 1. The zero-order valence-electron chi connectivity index (χ0n) is 18.9. The summed E-state index contributed by atoms with van der Waals surface area (Å²) < 4.78 is 11.5. The maximum absolute atomic E-state index is 13.5. The van der Waals surface area contributed by atoms with E-state index in [9.17, 15) is 9.59 Å². The summed E-state index contributed by atoms with van der Waals surface area (Å²) in [5.41, 5.74) is 2.21. The summed E-state index contributed by atoms with van der Waals surface area (Å²) in [4.78, 5) is 32.0. The fraction of sp³-hybridized carbons (Fsp3) is 0.269. The number of carbonyl (C=O) groups is 2. The van der Waals surface area contributed by atoms with Gasteiger partial charge in [-0.2, -0.15) is 0 Å². The Morgan fingerprint density at radius 1 is 1.00 bits per heavy atom. The molecule has 8 heteroatoms. The van der Waals surface area contributed by atoms with E-state index in [2.05, 4.69) is 15.6 Å². The smallest absolute Gasteiger partial charge is 0.258 e. The van der Waals surface area contributed by atoms with E-state index in [1.165, 1.54) is 4.90 Å². The molecule has 3 aromatic rings. The Hall–Kier alpha value is -3.91. The summed E-state index contributed by atoms with van der Waals surface area (Å²) in [5, 5.41) is 6.12. The number of nitrogens with zero attached hydrogens (tertiary/aromatic N) is 2. The van der Waals surface area contributed by atoms with Crippen LogP contribution in [0, 0.1) is 0 Å². The molecule has 0 saturated carbocycles. The second kappa shape index (κ2) is 11.8. The first-order valence-corrected chi connectivity index (χ1v) is 11.3. The van der Waals surface area contributed by atoms with Gasteiger partial charge in [0.1, 0.15) is 18.2 Å². The molecular formula is C26H28N4O4. The Kier molecular flexibility index (Phi) is 8.08. The van der Waals surface area contributed by atoms with Crippen LogP contribution in [0.4, 0.5) is 11.5 Å². The van der Waals surface area contributed by atoms with Crippen molar-refractivity contribution in [3.05, 3.63) is 84.1 Å². The third-order valence-corrected chi connectivity index (χ3v) is 5.37. The molecule has 0 saturated heterocycles. The topological polar surface area (TPSA) is 92.8 Å². The lowest BCUT2D eigenvalue weighted by molar-refractivity contribution is -0.121. The zero-order valence-corrected chi connectivity index (χ0v) is 18.9. The molecule has 8 nitrogen and oxygen atoms in total. The molecule has 0 spiro atoms. The number of anilines is 2. The summed E-state index contributed by atoms with van der Waals surface area (Å²) in [6.45, 7) is 1.71. The highest BCUT2D eigenvalue weighted by molar-refractivity contribution is 6.01. The van der Waals surface area contributed by atoms with Crippen molar-refractivity contribution < 1.29 is 19.1 Å². The summed E-state index contributed by atoms with van der Waals surface area (Å²) in [7, 11) is 0. The standard InChI is InChI=1S/C26H28N4O4/c31-24(27-14-12-20-7-2-1-3-8-20)19-30-15-16-33-17-18-34-23-11-5-4-10-22(23)29-25-21(26(30)32)9-6-13-28-25/h1-11,13H,12,14-19H2,(H,27,31)(H,28,29). The molecule has 4 rings (SSSR count). The van der Waals surface area contributed by atoms with Gasteiger partial charge in [0.05, 0.1) is 31.0 Å². The highest BCUT2D eigenvalue weighted by Gasteiger charge is 2.23. The van der Waals surface area contributed by atoms with E-state index in [1.54, 1.807) is 18.3 Å². The molecule has 34 heavy (non-hydrogen) atoms. The third-order valence-electron chi connectivity index (χ3n) is 5.37. The minimum absolute atomic E-state index is 0.0710. The number of para-hydroxylation sites is 2. The second-order valence-electron chi connectivity index (χ2n) is 7.79. The lowest BCUT2D eigenvalue weighted by atomic mass is 10.1. The Labute approximate surface area is 198 Å². The van der Waals surface area contributed by atoms with E-state index < -0.39 is 0 Å². The summed E-state index contributed by atoms with van der Waals surface area (Å²) in [5.74, 6) is 0.526. The van der Waals surface area contributed by atoms with Gasteiger partial charge in [-0.25, -0.2) is 4.98 Å². The van der Waals surface area contributed by atoms with Gasteiger partial charge in [0.2, 0.25) is 5.91 Å². The molecule has 0 bridgehead atoms. The number of ether oxygens (including phenoxy) is 2. The number of fused-ring (bicyclic) bond motifs is 2. The highest BCUT2D eigenvalue weighted by Crippen LogP contribution is 2.28. The summed E-state index contributed by atoms with van der Waals surface area (Å²) in [6.07, 6.45) is 2.34. The van der Waals surface area contributed by atoms with Crippen LogP contribution >= 0.6 is 0 Å². The molecular weight excluding hydrogens is 432 g/mol. The number of amides is 2. The Morgan fingerprint density at radius 3 is 2.71 bits per heavy atom. The van der Waals surface area contributed by atoms with Crippen molar-refractivity contribution >= 4 is 23.3 Å². The van der Waals surface area contributed by atoms with E-state index in [4.69, 9.17) is 9.47 Å². The minimum Gasteiger partial charge on any atom is -0.489 e. The molecule has 2 heterocycles. The number of benzene rings is 2. The average Bonchev–Trinajstić information content (AvgIpc) is 2.87. The number of hydrogen-bond donors (Lipinski definition) is 2. The van der Waals surface area contributed by atoms with Crippen LogP contribution in [0.25, 0.3) is 0 Å². The van der Waals surface area contributed by atoms with E-state index >= 15 is 0 Å². The minimum atomic E-state index is -0.296. The van der Waals surface area contributed by atoms with Crippen LogP contribution < -0.4 is 15.4 Å². The van der Waals surface area contributed by atoms with Gasteiger partial charge in [-0.15, -0.1) is 0 Å². The van der Waals surface area contributed by atoms with E-state index in [0.717, 1.165) is 12.0 Å². The molecule has 0 aliphatic carbocycles. The summed E-state index contributed by atoms with van der Waals surface area (Å²) in [6, 6.07) is 20.8. The van der Waals surface area contributed by atoms with Crippen molar-refractivity contribution in [2.75, 3.05) is 44.8 Å². The molecule has 0 fully saturated rings. The monoisotopic (exact) mass is 460 g/mol. The fourth-order valence-electron chi connectivity index (χ4n) is 3.63. The number of nitrogens with one attached hydrogen (secondary N) is 2. The molecule has 1 aliphatic rings. The summed E-state index contributed by atoms with van der Waals surface area (Å²) >= 11 is 0. The van der Waals surface area contributed by atoms with Crippen LogP contribution in [0.2, 0.25) is 0 Å². The van der Waals surface area contributed by atoms with Crippen LogP contribution in [0.15, 0.2) is 72.9 Å². The normalized spacial score (nSPS) is 14.2. The van der Waals surface area contributed by atoms with Crippen LogP contribution in [0.1, 0.15) is 15.9 Å². The van der Waals surface area contributed by atoms with Gasteiger partial charge < -0.3 is 25.0 Å². The second-order valence-corrected chi connectivity index (χ2v) is 7.79. The Bertz CT molecular complexity index is 1110. The van der Waals surface area contributed by atoms with Crippen molar-refractivity contribution in [3.63, 3.8) is 0 Å². The number of hydrogen-bond acceptors (Lipinski definition) is 6. The van der Waals surface area contributed by atoms with Gasteiger partial charge in [-0.3, -0.25) is 9.59 Å². The van der Waals surface area contributed by atoms with Gasteiger partial charge in [0.25, 0.3) is 5.91 Å². The lowest BCUT2D eigenvalue weighted by Crippen LogP contribution is -2.43. The Morgan fingerprint density at radius 2 is 1.82 bits per heavy atom.